The van der Waals surface area contributed by atoms with Crippen molar-refractivity contribution in [3.63, 3.8) is 0 Å². The molecule has 1 saturated carbocycles. The molecule has 2 aliphatic heterocycles. The summed E-state index contributed by atoms with van der Waals surface area (Å²) in [4.78, 5) is 16.1. The summed E-state index contributed by atoms with van der Waals surface area (Å²) in [6, 6.07) is 11.3. The molecule has 1 aromatic rings. The summed E-state index contributed by atoms with van der Waals surface area (Å²) in [6.45, 7) is 3.21. The molecule has 1 N–H and O–H groups in total. The number of fused-ring (bicyclic) bond motifs is 3. The van der Waals surface area contributed by atoms with Gasteiger partial charge in [-0.15, -0.1) is 0 Å². The van der Waals surface area contributed by atoms with E-state index in [1.54, 1.807) is 0 Å². The molecule has 2 unspecified atom stereocenters. The number of nitrogens with zero attached hydrogens (tertiary/aromatic N) is 1. The highest BCUT2D eigenvalue weighted by Gasteiger charge is 2.47. The predicted molar refractivity (Wildman–Crippen MR) is 113 cm³/mol. The maximum atomic E-state index is 13.6. The second kappa shape index (κ2) is 8.02. The van der Waals surface area contributed by atoms with Crippen molar-refractivity contribution in [1.82, 2.24) is 10.2 Å². The van der Waals surface area contributed by atoms with Gasteiger partial charge in [0, 0.05) is 42.2 Å². The van der Waals surface area contributed by atoms with E-state index in [0.717, 1.165) is 32.5 Å². The van der Waals surface area contributed by atoms with Crippen LogP contribution < -0.4 is 5.32 Å². The normalized spacial score (nSPS) is 33.4. The van der Waals surface area contributed by atoms with Gasteiger partial charge >= 0.3 is 0 Å². The van der Waals surface area contributed by atoms with E-state index in [9.17, 15) is 4.79 Å². The minimum Gasteiger partial charge on any atom is -0.385 e. The minimum atomic E-state index is 0.245. The maximum absolute atomic E-state index is 13.6. The fraction of sp³-hybridized carbons (Fsp3) is 0.640. The number of carbonyl (C=O) groups is 1. The van der Waals surface area contributed by atoms with E-state index in [2.05, 4.69) is 40.5 Å². The molecule has 150 valence electrons. The van der Waals surface area contributed by atoms with Crippen LogP contribution in [-0.4, -0.2) is 36.4 Å². The lowest BCUT2D eigenvalue weighted by Crippen LogP contribution is -2.47. The molecule has 2 fully saturated rings. The highest BCUT2D eigenvalue weighted by atomic mass is 16.1. The van der Waals surface area contributed by atoms with Crippen LogP contribution in [-0.2, 0) is 11.2 Å². The smallest absolute Gasteiger partial charge is 0.165 e. The zero-order valence-electron chi connectivity index (χ0n) is 17.0. The average Bonchev–Trinajstić information content (AvgIpc) is 3.04. The number of Topliss-reactive ketones (excluding diaryl/α,β-unsaturated/α-hetero) is 1. The Hall–Kier alpha value is -1.61. The van der Waals surface area contributed by atoms with Crippen molar-refractivity contribution >= 4 is 5.78 Å². The van der Waals surface area contributed by atoms with Gasteiger partial charge in [0.15, 0.2) is 5.78 Å². The van der Waals surface area contributed by atoms with Crippen LogP contribution in [0.15, 0.2) is 41.6 Å². The third kappa shape index (κ3) is 3.54. The highest BCUT2D eigenvalue weighted by molar-refractivity contribution is 6.00. The van der Waals surface area contributed by atoms with Gasteiger partial charge in [0.25, 0.3) is 0 Å². The van der Waals surface area contributed by atoms with E-state index in [1.807, 2.05) is 0 Å². The quantitative estimate of drug-likeness (QED) is 0.849. The Balaban J connectivity index is 1.27. The molecule has 2 heterocycles. The maximum Gasteiger partial charge on any atom is 0.165 e. The van der Waals surface area contributed by atoms with Gasteiger partial charge in [-0.25, -0.2) is 0 Å². The van der Waals surface area contributed by atoms with Crippen LogP contribution in [0.3, 0.4) is 0 Å². The monoisotopic (exact) mass is 378 g/mol. The highest BCUT2D eigenvalue weighted by Crippen LogP contribution is 2.45. The van der Waals surface area contributed by atoms with Gasteiger partial charge in [-0.2, -0.15) is 0 Å². The molecule has 0 spiro atoms. The zero-order valence-corrected chi connectivity index (χ0v) is 17.0. The number of hydrogen-bond donors (Lipinski definition) is 1. The van der Waals surface area contributed by atoms with E-state index in [-0.39, 0.29) is 5.92 Å². The molecule has 3 heteroatoms. The molecule has 0 amide bonds. The first-order chi connectivity index (χ1) is 13.8. The molecule has 4 atom stereocenters. The number of carbonyl (C=O) groups excluding carboxylic acids is 1. The molecule has 0 bridgehead atoms. The van der Waals surface area contributed by atoms with Gasteiger partial charge in [-0.05, 0) is 50.1 Å². The first kappa shape index (κ1) is 18.4. The van der Waals surface area contributed by atoms with Crippen LogP contribution in [0.5, 0.6) is 0 Å². The summed E-state index contributed by atoms with van der Waals surface area (Å²) in [5.41, 5.74) is 3.99. The number of hydrogen-bond acceptors (Lipinski definition) is 3. The summed E-state index contributed by atoms with van der Waals surface area (Å²) in [6.07, 6.45) is 11.2. The average molecular weight is 379 g/mol. The fourth-order valence-corrected chi connectivity index (χ4v) is 6.23. The molecule has 5 rings (SSSR count). The van der Waals surface area contributed by atoms with Crippen molar-refractivity contribution in [3.8, 4) is 0 Å². The standard InChI is InChI=1S/C25H34N2O/c28-25-21-17-27(14-12-18-8-4-3-5-9-18)15-13-19(21)16-23-24(25)20-10-6-1-2-7-11-22(20)26-23/h3-5,8-9,19-22,26H,1-2,6-7,10-17H2/t19?,20-,21?,22-/m1/s1. The molecule has 28 heavy (non-hydrogen) atoms. The number of benzene rings is 1. The number of rotatable bonds is 3. The third-order valence-electron chi connectivity index (χ3n) is 7.79. The lowest BCUT2D eigenvalue weighted by molar-refractivity contribution is -0.124. The molecular weight excluding hydrogens is 344 g/mol. The van der Waals surface area contributed by atoms with Gasteiger partial charge in [-0.1, -0.05) is 56.0 Å². The van der Waals surface area contributed by atoms with E-state index >= 15 is 0 Å². The Morgan fingerprint density at radius 2 is 1.79 bits per heavy atom. The summed E-state index contributed by atoms with van der Waals surface area (Å²) in [7, 11) is 0. The Kier molecular flexibility index (Phi) is 5.28. The first-order valence-corrected chi connectivity index (χ1v) is 11.6. The summed E-state index contributed by atoms with van der Waals surface area (Å²) in [5.74, 6) is 1.82. The minimum absolute atomic E-state index is 0.245. The van der Waals surface area contributed by atoms with Gasteiger partial charge in [0.1, 0.15) is 0 Å². The molecule has 1 aromatic carbocycles. The third-order valence-corrected chi connectivity index (χ3v) is 7.79. The van der Waals surface area contributed by atoms with Crippen molar-refractivity contribution in [3.05, 3.63) is 47.2 Å². The Bertz CT molecular complexity index is 740. The topological polar surface area (TPSA) is 32.3 Å². The van der Waals surface area contributed by atoms with Crippen molar-refractivity contribution in [2.75, 3.05) is 19.6 Å². The lowest BCUT2D eigenvalue weighted by atomic mass is 9.70. The summed E-state index contributed by atoms with van der Waals surface area (Å²) < 4.78 is 0. The zero-order chi connectivity index (χ0) is 18.9. The van der Waals surface area contributed by atoms with Crippen molar-refractivity contribution in [2.24, 2.45) is 17.8 Å². The Labute approximate surface area is 169 Å². The van der Waals surface area contributed by atoms with Crippen LogP contribution in [0.25, 0.3) is 0 Å². The van der Waals surface area contributed by atoms with Crippen LogP contribution in [0.2, 0.25) is 0 Å². The largest absolute Gasteiger partial charge is 0.385 e. The van der Waals surface area contributed by atoms with Crippen molar-refractivity contribution in [1.29, 1.82) is 0 Å². The molecule has 2 aliphatic carbocycles. The molecule has 3 nitrogen and oxygen atoms in total. The second-order valence-electron chi connectivity index (χ2n) is 9.50. The number of nitrogens with one attached hydrogen (secondary N) is 1. The predicted octanol–water partition coefficient (Wildman–Crippen LogP) is 4.34. The number of ketones is 1. The SMILES string of the molecule is O=C1C2=C(CC3CCN(CCc4ccccc4)CC13)N[C@@H]1CCCCCC[C@@H]21. The van der Waals surface area contributed by atoms with Crippen LogP contribution in [0.1, 0.15) is 56.9 Å². The number of allylic oxidation sites excluding steroid dienone is 1. The fourth-order valence-electron chi connectivity index (χ4n) is 6.23. The molecule has 4 aliphatic rings. The first-order valence-electron chi connectivity index (χ1n) is 11.6. The van der Waals surface area contributed by atoms with E-state index in [1.165, 1.54) is 61.8 Å². The molecule has 0 aromatic heterocycles. The van der Waals surface area contributed by atoms with Crippen LogP contribution in [0.4, 0.5) is 0 Å². The second-order valence-corrected chi connectivity index (χ2v) is 9.50. The number of piperidine rings is 1. The van der Waals surface area contributed by atoms with Crippen molar-refractivity contribution < 1.29 is 4.79 Å². The Morgan fingerprint density at radius 3 is 2.64 bits per heavy atom. The van der Waals surface area contributed by atoms with Gasteiger partial charge < -0.3 is 10.2 Å². The van der Waals surface area contributed by atoms with Gasteiger partial charge in [-0.3, -0.25) is 4.79 Å². The van der Waals surface area contributed by atoms with E-state index < -0.39 is 0 Å². The van der Waals surface area contributed by atoms with E-state index in [0.29, 0.717) is 23.7 Å². The summed E-state index contributed by atoms with van der Waals surface area (Å²) in [5, 5.41) is 3.83. The van der Waals surface area contributed by atoms with Crippen LogP contribution >= 0.6 is 0 Å². The lowest BCUT2D eigenvalue weighted by Gasteiger charge is -2.41. The molecular formula is C25H34N2O. The summed E-state index contributed by atoms with van der Waals surface area (Å²) >= 11 is 0. The number of likely N-dealkylation sites (tertiary alicyclic amines) is 1. The Morgan fingerprint density at radius 1 is 0.964 bits per heavy atom. The van der Waals surface area contributed by atoms with E-state index in [4.69, 9.17) is 0 Å². The molecule has 0 radical (unpaired) electrons. The molecule has 1 saturated heterocycles. The van der Waals surface area contributed by atoms with Crippen molar-refractivity contribution in [2.45, 2.75) is 63.8 Å². The van der Waals surface area contributed by atoms with Gasteiger partial charge in [0.2, 0.25) is 0 Å². The van der Waals surface area contributed by atoms with Gasteiger partial charge in [0.05, 0.1) is 0 Å². The van der Waals surface area contributed by atoms with Crippen LogP contribution in [0, 0.1) is 17.8 Å².